The van der Waals surface area contributed by atoms with Crippen LogP contribution in [0.2, 0.25) is 0 Å². The Kier molecular flexibility index (Phi) is 11.3. The molecule has 1 aliphatic heterocycles. The van der Waals surface area contributed by atoms with Crippen LogP contribution in [0.5, 0.6) is 17.4 Å². The molecule has 1 saturated heterocycles. The summed E-state index contributed by atoms with van der Waals surface area (Å²) < 4.78 is 90.0. The zero-order valence-electron chi connectivity index (χ0n) is 27.7. The number of nitrogens with zero attached hydrogens (tertiary/aromatic N) is 5. The number of pyridine rings is 1. The normalized spacial score (nSPS) is 13.6. The Morgan fingerprint density at radius 2 is 1.60 bits per heavy atom. The van der Waals surface area contributed by atoms with E-state index in [4.69, 9.17) is 4.74 Å². The fraction of sp³-hybridized carbons (Fsp3) is 0.250. The van der Waals surface area contributed by atoms with Crippen LogP contribution in [0.25, 0.3) is 10.9 Å². The molecule has 0 aliphatic carbocycles. The van der Waals surface area contributed by atoms with Crippen LogP contribution in [0.3, 0.4) is 0 Å². The second-order valence-electron chi connectivity index (χ2n) is 11.9. The van der Waals surface area contributed by atoms with Gasteiger partial charge >= 0.3 is 12.8 Å². The molecular weight excluding hydrogens is 716 g/mol. The fourth-order valence-corrected chi connectivity index (χ4v) is 5.80. The molecule has 2 amide bonds. The van der Waals surface area contributed by atoms with Crippen LogP contribution in [-0.2, 0) is 19.8 Å². The third-order valence-electron chi connectivity index (χ3n) is 8.61. The molecule has 1 fully saturated rings. The molecule has 52 heavy (non-hydrogen) atoms. The Balaban J connectivity index is 0.00000523. The van der Waals surface area contributed by atoms with Gasteiger partial charge in [0.1, 0.15) is 23.0 Å². The lowest BCUT2D eigenvalue weighted by Crippen LogP contribution is -2.48. The molecule has 0 N–H and O–H groups in total. The number of hydrogen-bond acceptors (Lipinski definition) is 6. The number of hydrogen-bond donors (Lipinski definition) is 0. The highest BCUT2D eigenvalue weighted by Crippen LogP contribution is 2.32. The Morgan fingerprint density at radius 1 is 0.904 bits per heavy atom. The molecule has 6 rings (SSSR count). The van der Waals surface area contributed by atoms with E-state index < -0.39 is 35.6 Å². The minimum atomic E-state index is -4.74. The van der Waals surface area contributed by atoms with Gasteiger partial charge in [-0.05, 0) is 60.2 Å². The molecule has 0 bridgehead atoms. The van der Waals surface area contributed by atoms with Crippen molar-refractivity contribution in [3.63, 3.8) is 0 Å². The van der Waals surface area contributed by atoms with Crippen molar-refractivity contribution in [2.45, 2.75) is 19.3 Å². The van der Waals surface area contributed by atoms with E-state index in [0.717, 1.165) is 27.4 Å². The van der Waals surface area contributed by atoms with Gasteiger partial charge in [-0.3, -0.25) is 14.5 Å². The maximum absolute atomic E-state index is 14.4. The van der Waals surface area contributed by atoms with Gasteiger partial charge in [0.2, 0.25) is 5.88 Å². The lowest BCUT2D eigenvalue weighted by atomic mass is 10.1. The molecule has 1 aliphatic rings. The zero-order valence-corrected chi connectivity index (χ0v) is 28.6. The molecular formula is C36H32ClF6N5O4. The first-order chi connectivity index (χ1) is 24.3. The summed E-state index contributed by atoms with van der Waals surface area (Å²) in [6, 6.07) is 18.3. The Hall–Kier alpha value is -5.28. The van der Waals surface area contributed by atoms with Crippen LogP contribution in [0.15, 0.2) is 85.1 Å². The SMILES string of the molecule is CN(C(=O)c1ccc(C(F)(F)F)cc1F)c1ccc(Oc2ccc3cc(C(=O)N4CCN(Cc5ccc(OC(F)F)cc5)CC4)n(C)c3c2)nc1.Cl. The molecule has 16 heteroatoms. The van der Waals surface area contributed by atoms with Crippen LogP contribution < -0.4 is 14.4 Å². The highest BCUT2D eigenvalue weighted by atomic mass is 35.5. The quantitative estimate of drug-likeness (QED) is 0.143. The maximum Gasteiger partial charge on any atom is 0.416 e. The number of aromatic nitrogens is 2. The number of halogens is 7. The van der Waals surface area contributed by atoms with Crippen LogP contribution in [-0.4, -0.2) is 71.0 Å². The van der Waals surface area contributed by atoms with Crippen molar-refractivity contribution in [2.75, 3.05) is 38.1 Å². The molecule has 0 radical (unpaired) electrons. The molecule has 2 aromatic heterocycles. The van der Waals surface area contributed by atoms with Gasteiger partial charge in [0.25, 0.3) is 11.8 Å². The number of ether oxygens (including phenoxy) is 2. The number of alkyl halides is 5. The second kappa shape index (κ2) is 15.5. The monoisotopic (exact) mass is 747 g/mol. The van der Waals surface area contributed by atoms with Crippen molar-refractivity contribution < 1.29 is 45.4 Å². The van der Waals surface area contributed by atoms with Crippen molar-refractivity contribution >= 4 is 40.8 Å². The first-order valence-corrected chi connectivity index (χ1v) is 15.7. The topological polar surface area (TPSA) is 80.1 Å². The summed E-state index contributed by atoms with van der Waals surface area (Å²) in [4.78, 5) is 35.6. The Morgan fingerprint density at radius 3 is 2.21 bits per heavy atom. The third kappa shape index (κ3) is 8.43. The van der Waals surface area contributed by atoms with E-state index in [1.54, 1.807) is 40.8 Å². The van der Waals surface area contributed by atoms with E-state index >= 15 is 0 Å². The van der Waals surface area contributed by atoms with Gasteiger partial charge in [0.05, 0.1) is 28.5 Å². The van der Waals surface area contributed by atoms with Crippen LogP contribution in [0, 0.1) is 5.82 Å². The average Bonchev–Trinajstić information content (AvgIpc) is 3.43. The van der Waals surface area contributed by atoms with Crippen molar-refractivity contribution in [3.05, 3.63) is 113 Å². The number of carbonyl (C=O) groups excluding carboxylic acids is 2. The lowest BCUT2D eigenvalue weighted by Gasteiger charge is -2.34. The number of piperazine rings is 1. The van der Waals surface area contributed by atoms with E-state index in [-0.39, 0.29) is 41.7 Å². The van der Waals surface area contributed by atoms with E-state index in [2.05, 4.69) is 14.6 Å². The zero-order chi connectivity index (χ0) is 36.4. The van der Waals surface area contributed by atoms with Gasteiger partial charge in [-0.15, -0.1) is 12.4 Å². The summed E-state index contributed by atoms with van der Waals surface area (Å²) in [5, 5.41) is 0.824. The number of fused-ring (bicyclic) bond motifs is 1. The highest BCUT2D eigenvalue weighted by Gasteiger charge is 2.32. The van der Waals surface area contributed by atoms with E-state index in [0.29, 0.717) is 50.2 Å². The first-order valence-electron chi connectivity index (χ1n) is 15.7. The number of anilines is 1. The maximum atomic E-state index is 14.4. The predicted molar refractivity (Wildman–Crippen MR) is 183 cm³/mol. The third-order valence-corrected chi connectivity index (χ3v) is 8.61. The molecule has 0 unspecified atom stereocenters. The van der Waals surface area contributed by atoms with Gasteiger partial charge in [0.15, 0.2) is 0 Å². The number of rotatable bonds is 9. The predicted octanol–water partition coefficient (Wildman–Crippen LogP) is 7.78. The Labute approximate surface area is 300 Å². The van der Waals surface area contributed by atoms with Gasteiger partial charge < -0.3 is 23.8 Å². The lowest BCUT2D eigenvalue weighted by molar-refractivity contribution is -0.137. The summed E-state index contributed by atoms with van der Waals surface area (Å²) in [5.74, 6) is -1.55. The molecule has 3 aromatic carbocycles. The Bertz CT molecular complexity index is 2050. The minimum absolute atomic E-state index is 0. The highest BCUT2D eigenvalue weighted by molar-refractivity contribution is 6.06. The second-order valence-corrected chi connectivity index (χ2v) is 11.9. The smallest absolute Gasteiger partial charge is 0.416 e. The summed E-state index contributed by atoms with van der Waals surface area (Å²) in [6.07, 6.45) is -3.43. The average molecular weight is 748 g/mol. The van der Waals surface area contributed by atoms with E-state index in [1.165, 1.54) is 37.5 Å². The van der Waals surface area contributed by atoms with Crippen molar-refractivity contribution in [1.29, 1.82) is 0 Å². The summed E-state index contributed by atoms with van der Waals surface area (Å²) in [5.41, 5.74) is 0.737. The summed E-state index contributed by atoms with van der Waals surface area (Å²) in [6.45, 7) is 0.0594. The molecule has 0 spiro atoms. The van der Waals surface area contributed by atoms with Gasteiger partial charge in [-0.25, -0.2) is 9.37 Å². The standard InChI is InChI=1S/C36H31F6N5O4.ClH/c1-44(33(48)28-11-6-24(18-29(28)37)36(40,41)42)25-7-12-32(43-20-25)50-27-10-5-23-17-31(45(2)30(23)19-27)34(49)47-15-13-46(14-16-47)21-22-3-8-26(9-4-22)51-35(38)39;/h3-12,17-20,35H,13-16,21H2,1-2H3;1H. The fourth-order valence-electron chi connectivity index (χ4n) is 5.80. The van der Waals surface area contributed by atoms with Crippen molar-refractivity contribution in [2.24, 2.45) is 7.05 Å². The number of aryl methyl sites for hydroxylation is 1. The minimum Gasteiger partial charge on any atom is -0.439 e. The molecule has 3 heterocycles. The number of carbonyl (C=O) groups is 2. The van der Waals surface area contributed by atoms with E-state index in [9.17, 15) is 35.9 Å². The van der Waals surface area contributed by atoms with Crippen LogP contribution in [0.1, 0.15) is 32.0 Å². The summed E-state index contributed by atoms with van der Waals surface area (Å²) in [7, 11) is 3.13. The number of amides is 2. The molecule has 9 nitrogen and oxygen atoms in total. The molecule has 274 valence electrons. The van der Waals surface area contributed by atoms with Crippen molar-refractivity contribution in [1.82, 2.24) is 19.4 Å². The first kappa shape index (κ1) is 38.0. The van der Waals surface area contributed by atoms with Gasteiger partial charge in [-0.1, -0.05) is 12.1 Å². The van der Waals surface area contributed by atoms with Crippen LogP contribution in [0.4, 0.5) is 32.0 Å². The van der Waals surface area contributed by atoms with Crippen molar-refractivity contribution in [3.8, 4) is 17.4 Å². The molecule has 0 saturated carbocycles. The number of benzene rings is 3. The molecule has 5 aromatic rings. The molecule has 0 atom stereocenters. The summed E-state index contributed by atoms with van der Waals surface area (Å²) >= 11 is 0. The van der Waals surface area contributed by atoms with Gasteiger partial charge in [0, 0.05) is 64.3 Å². The van der Waals surface area contributed by atoms with Crippen LogP contribution >= 0.6 is 12.4 Å². The van der Waals surface area contributed by atoms with E-state index in [1.807, 2.05) is 12.1 Å². The largest absolute Gasteiger partial charge is 0.439 e. The van der Waals surface area contributed by atoms with Gasteiger partial charge in [-0.2, -0.15) is 22.0 Å².